The van der Waals surface area contributed by atoms with Gasteiger partial charge in [0.1, 0.15) is 0 Å². The number of anilines is 1. The summed E-state index contributed by atoms with van der Waals surface area (Å²) in [6.07, 6.45) is 0. The van der Waals surface area contributed by atoms with Gasteiger partial charge in [0.2, 0.25) is 15.9 Å². The third-order valence-corrected chi connectivity index (χ3v) is 5.10. The van der Waals surface area contributed by atoms with Crippen molar-refractivity contribution in [3.63, 3.8) is 0 Å². The number of carbonyl (C=O) groups excluding carboxylic acids is 1. The van der Waals surface area contributed by atoms with E-state index in [0.717, 1.165) is 5.56 Å². The van der Waals surface area contributed by atoms with Gasteiger partial charge in [0.25, 0.3) is 0 Å². The number of nitrogens with one attached hydrogen (secondary N) is 2. The Labute approximate surface area is 144 Å². The smallest absolute Gasteiger partial charge is 0.241 e. The van der Waals surface area contributed by atoms with E-state index in [1.807, 2.05) is 19.1 Å². The molecule has 0 atom stereocenters. The van der Waals surface area contributed by atoms with Gasteiger partial charge in [0.15, 0.2) is 0 Å². The first-order valence-corrected chi connectivity index (χ1v) is 8.83. The molecule has 0 unspecified atom stereocenters. The zero-order valence-electron chi connectivity index (χ0n) is 12.1. The third-order valence-electron chi connectivity index (χ3n) is 2.96. The maximum Gasteiger partial charge on any atom is 0.241 e. The zero-order valence-corrected chi connectivity index (χ0v) is 14.5. The van der Waals surface area contributed by atoms with E-state index >= 15 is 0 Å². The Morgan fingerprint density at radius 1 is 1.04 bits per heavy atom. The molecule has 0 spiro atoms. The molecular weight excluding hydrogens is 359 g/mol. The minimum Gasteiger partial charge on any atom is -0.325 e. The summed E-state index contributed by atoms with van der Waals surface area (Å²) in [7, 11) is -3.85. The topological polar surface area (TPSA) is 75.3 Å². The number of benzene rings is 2. The van der Waals surface area contributed by atoms with E-state index < -0.39 is 22.5 Å². The van der Waals surface area contributed by atoms with Crippen LogP contribution in [0.25, 0.3) is 0 Å². The van der Waals surface area contributed by atoms with E-state index in [1.54, 1.807) is 12.1 Å². The summed E-state index contributed by atoms with van der Waals surface area (Å²) in [6, 6.07) is 11.1. The summed E-state index contributed by atoms with van der Waals surface area (Å²) in [4.78, 5) is 11.8. The molecule has 0 saturated heterocycles. The van der Waals surface area contributed by atoms with Crippen molar-refractivity contribution in [1.29, 1.82) is 0 Å². The maximum atomic E-state index is 12.1. The normalized spacial score (nSPS) is 11.3. The molecule has 122 valence electrons. The fraction of sp³-hybridized carbons (Fsp3) is 0.133. The average molecular weight is 373 g/mol. The van der Waals surface area contributed by atoms with Gasteiger partial charge >= 0.3 is 0 Å². The second-order valence-electron chi connectivity index (χ2n) is 4.81. The fourth-order valence-electron chi connectivity index (χ4n) is 1.73. The Bertz CT molecular complexity index is 821. The van der Waals surface area contributed by atoms with Crippen LogP contribution in [-0.4, -0.2) is 20.9 Å². The molecule has 0 heterocycles. The molecule has 0 radical (unpaired) electrons. The maximum absolute atomic E-state index is 12.1. The molecule has 5 nitrogen and oxygen atoms in total. The lowest BCUT2D eigenvalue weighted by molar-refractivity contribution is -0.115. The van der Waals surface area contributed by atoms with Crippen LogP contribution in [0.5, 0.6) is 0 Å². The molecule has 2 aromatic rings. The molecule has 0 fully saturated rings. The van der Waals surface area contributed by atoms with Crippen molar-refractivity contribution in [2.24, 2.45) is 0 Å². The summed E-state index contributed by atoms with van der Waals surface area (Å²) < 4.78 is 26.4. The molecule has 0 aromatic heterocycles. The molecule has 8 heteroatoms. The molecule has 2 N–H and O–H groups in total. The van der Waals surface area contributed by atoms with Gasteiger partial charge in [0, 0.05) is 5.69 Å². The van der Waals surface area contributed by atoms with Crippen molar-refractivity contribution >= 4 is 44.8 Å². The van der Waals surface area contributed by atoms with Crippen LogP contribution in [0.4, 0.5) is 5.69 Å². The van der Waals surface area contributed by atoms with Crippen molar-refractivity contribution < 1.29 is 13.2 Å². The van der Waals surface area contributed by atoms with Crippen molar-refractivity contribution in [2.75, 3.05) is 11.9 Å². The van der Waals surface area contributed by atoms with Crippen LogP contribution in [0.3, 0.4) is 0 Å². The van der Waals surface area contributed by atoms with Crippen molar-refractivity contribution in [3.8, 4) is 0 Å². The lowest BCUT2D eigenvalue weighted by Crippen LogP contribution is -2.32. The number of hydrogen-bond acceptors (Lipinski definition) is 3. The van der Waals surface area contributed by atoms with Crippen LogP contribution in [0.2, 0.25) is 10.0 Å². The van der Waals surface area contributed by atoms with Crippen LogP contribution >= 0.6 is 23.2 Å². The molecule has 0 bridgehead atoms. The summed E-state index contributed by atoms with van der Waals surface area (Å²) in [5.41, 5.74) is 1.65. The summed E-state index contributed by atoms with van der Waals surface area (Å²) in [6.45, 7) is 1.54. The highest BCUT2D eigenvalue weighted by atomic mass is 35.5. The quantitative estimate of drug-likeness (QED) is 0.845. The van der Waals surface area contributed by atoms with Gasteiger partial charge in [-0.1, -0.05) is 40.9 Å². The lowest BCUT2D eigenvalue weighted by atomic mass is 10.2. The number of carbonyl (C=O) groups is 1. The van der Waals surface area contributed by atoms with Gasteiger partial charge in [-0.15, -0.1) is 0 Å². The number of hydrogen-bond donors (Lipinski definition) is 2. The molecule has 0 aliphatic rings. The van der Waals surface area contributed by atoms with Gasteiger partial charge in [-0.3, -0.25) is 4.79 Å². The van der Waals surface area contributed by atoms with Gasteiger partial charge in [-0.25, -0.2) is 13.1 Å². The van der Waals surface area contributed by atoms with E-state index in [9.17, 15) is 13.2 Å². The van der Waals surface area contributed by atoms with Crippen LogP contribution in [-0.2, 0) is 14.8 Å². The SMILES string of the molecule is Cc1ccc(NC(=O)CNS(=O)(=O)c2ccc(Cl)c(Cl)c2)cc1. The monoisotopic (exact) mass is 372 g/mol. The summed E-state index contributed by atoms with van der Waals surface area (Å²) in [5, 5.41) is 2.98. The van der Waals surface area contributed by atoms with Crippen molar-refractivity contribution in [1.82, 2.24) is 4.72 Å². The number of amides is 1. The van der Waals surface area contributed by atoms with Crippen LogP contribution in [0.1, 0.15) is 5.56 Å². The third kappa shape index (κ3) is 4.94. The first-order valence-electron chi connectivity index (χ1n) is 6.59. The predicted octanol–water partition coefficient (Wildman–Crippen LogP) is 3.22. The Morgan fingerprint density at radius 2 is 1.70 bits per heavy atom. The number of rotatable bonds is 5. The van der Waals surface area contributed by atoms with Gasteiger partial charge in [-0.2, -0.15) is 0 Å². The van der Waals surface area contributed by atoms with Crippen LogP contribution in [0, 0.1) is 6.92 Å². The van der Waals surface area contributed by atoms with E-state index in [-0.39, 0.29) is 14.9 Å². The fourth-order valence-corrected chi connectivity index (χ4v) is 3.10. The Balaban J connectivity index is 1.99. The van der Waals surface area contributed by atoms with Crippen LogP contribution < -0.4 is 10.0 Å². The second kappa shape index (κ2) is 7.31. The molecule has 0 saturated carbocycles. The number of sulfonamides is 1. The first kappa shape index (κ1) is 17.7. The number of halogens is 2. The lowest BCUT2D eigenvalue weighted by Gasteiger charge is -2.09. The molecule has 1 amide bonds. The molecule has 23 heavy (non-hydrogen) atoms. The molecule has 0 aliphatic carbocycles. The number of aryl methyl sites for hydroxylation is 1. The second-order valence-corrected chi connectivity index (χ2v) is 7.40. The minimum absolute atomic E-state index is 0.0602. The standard InChI is InChI=1S/C15H14Cl2N2O3S/c1-10-2-4-11(5-3-10)19-15(20)9-18-23(21,22)12-6-7-13(16)14(17)8-12/h2-8,18H,9H2,1H3,(H,19,20). The summed E-state index contributed by atoms with van der Waals surface area (Å²) >= 11 is 11.5. The molecular formula is C15H14Cl2N2O3S. The minimum atomic E-state index is -3.85. The average Bonchev–Trinajstić information content (AvgIpc) is 2.50. The molecule has 2 rings (SSSR count). The predicted molar refractivity (Wildman–Crippen MR) is 91.5 cm³/mol. The molecule has 0 aliphatic heterocycles. The Kier molecular flexibility index (Phi) is 5.64. The Hall–Kier alpha value is -1.60. The van der Waals surface area contributed by atoms with E-state index in [4.69, 9.17) is 23.2 Å². The highest BCUT2D eigenvalue weighted by Gasteiger charge is 2.16. The highest BCUT2D eigenvalue weighted by Crippen LogP contribution is 2.24. The molecule has 2 aromatic carbocycles. The highest BCUT2D eigenvalue weighted by molar-refractivity contribution is 7.89. The summed E-state index contributed by atoms with van der Waals surface area (Å²) in [5.74, 6) is -0.475. The van der Waals surface area contributed by atoms with E-state index in [2.05, 4.69) is 10.0 Å². The van der Waals surface area contributed by atoms with Crippen molar-refractivity contribution in [2.45, 2.75) is 11.8 Å². The van der Waals surface area contributed by atoms with Gasteiger partial charge in [-0.05, 0) is 37.3 Å². The Morgan fingerprint density at radius 3 is 2.30 bits per heavy atom. The van der Waals surface area contributed by atoms with Crippen LogP contribution in [0.15, 0.2) is 47.4 Å². The van der Waals surface area contributed by atoms with Gasteiger partial charge < -0.3 is 5.32 Å². The van der Waals surface area contributed by atoms with E-state index in [1.165, 1.54) is 18.2 Å². The van der Waals surface area contributed by atoms with E-state index in [0.29, 0.717) is 5.69 Å². The zero-order chi connectivity index (χ0) is 17.0. The first-order chi connectivity index (χ1) is 10.8. The van der Waals surface area contributed by atoms with Crippen molar-refractivity contribution in [3.05, 3.63) is 58.1 Å². The largest absolute Gasteiger partial charge is 0.325 e. The van der Waals surface area contributed by atoms with Gasteiger partial charge in [0.05, 0.1) is 21.5 Å².